The van der Waals surface area contributed by atoms with Crippen LogP contribution in [0.5, 0.6) is 0 Å². The highest BCUT2D eigenvalue weighted by Gasteiger charge is 2.30. The standard InChI is InChI=1S/C13H18ClN3O3/c1-8-7-20-10(6-18)5-17(8)13(19)11-4-9(14)2-3-12(11)16-15/h2-4,8,10,16,18H,5-7,15H2,1H3. The molecular weight excluding hydrogens is 282 g/mol. The van der Waals surface area contributed by atoms with E-state index in [1.165, 1.54) is 0 Å². The van der Waals surface area contributed by atoms with Gasteiger partial charge in [0.05, 0.1) is 36.6 Å². The molecule has 20 heavy (non-hydrogen) atoms. The van der Waals surface area contributed by atoms with Crippen LogP contribution in [-0.2, 0) is 4.74 Å². The number of ether oxygens (including phenoxy) is 1. The number of hydrazine groups is 1. The van der Waals surface area contributed by atoms with Gasteiger partial charge in [-0.2, -0.15) is 0 Å². The lowest BCUT2D eigenvalue weighted by molar-refractivity contribution is -0.0667. The molecule has 1 aliphatic heterocycles. The first-order valence-corrected chi connectivity index (χ1v) is 6.74. The van der Waals surface area contributed by atoms with Crippen LogP contribution in [0.2, 0.25) is 5.02 Å². The number of nitrogen functional groups attached to an aromatic ring is 1. The number of hydrogen-bond donors (Lipinski definition) is 3. The summed E-state index contributed by atoms with van der Waals surface area (Å²) >= 11 is 5.95. The van der Waals surface area contributed by atoms with Crippen LogP contribution in [-0.4, -0.2) is 47.8 Å². The van der Waals surface area contributed by atoms with Crippen LogP contribution in [0.15, 0.2) is 18.2 Å². The number of hydrogen-bond acceptors (Lipinski definition) is 5. The molecule has 0 bridgehead atoms. The number of nitrogens with zero attached hydrogens (tertiary/aromatic N) is 1. The quantitative estimate of drug-likeness (QED) is 0.569. The second kappa shape index (κ2) is 6.41. The fourth-order valence-corrected chi connectivity index (χ4v) is 2.36. The van der Waals surface area contributed by atoms with E-state index in [4.69, 9.17) is 22.2 Å². The Bertz CT molecular complexity index is 498. The van der Waals surface area contributed by atoms with Crippen LogP contribution in [0.4, 0.5) is 5.69 Å². The normalized spacial score (nSPS) is 22.7. The summed E-state index contributed by atoms with van der Waals surface area (Å²) in [6.07, 6.45) is -0.358. The molecule has 0 radical (unpaired) electrons. The number of anilines is 1. The number of carbonyl (C=O) groups is 1. The van der Waals surface area contributed by atoms with Crippen molar-refractivity contribution >= 4 is 23.2 Å². The number of morpholine rings is 1. The molecule has 2 unspecified atom stereocenters. The molecule has 7 heteroatoms. The first kappa shape index (κ1) is 15.1. The highest BCUT2D eigenvalue weighted by atomic mass is 35.5. The van der Waals surface area contributed by atoms with Crippen molar-refractivity contribution in [2.24, 2.45) is 5.84 Å². The zero-order valence-corrected chi connectivity index (χ0v) is 11.9. The number of carbonyl (C=O) groups excluding carboxylic acids is 1. The van der Waals surface area contributed by atoms with Gasteiger partial charge in [-0.25, -0.2) is 0 Å². The van der Waals surface area contributed by atoms with Gasteiger partial charge in [0.15, 0.2) is 0 Å². The Morgan fingerprint density at radius 1 is 1.65 bits per heavy atom. The molecule has 1 heterocycles. The van der Waals surface area contributed by atoms with Gasteiger partial charge < -0.3 is 20.2 Å². The number of aliphatic hydroxyl groups excluding tert-OH is 1. The van der Waals surface area contributed by atoms with Crippen molar-refractivity contribution in [3.63, 3.8) is 0 Å². The third kappa shape index (κ3) is 3.04. The van der Waals surface area contributed by atoms with Gasteiger partial charge in [0.1, 0.15) is 0 Å². The van der Waals surface area contributed by atoms with Gasteiger partial charge in [-0.3, -0.25) is 10.6 Å². The minimum absolute atomic E-state index is 0.0742. The van der Waals surface area contributed by atoms with Gasteiger partial charge in [-0.1, -0.05) is 11.6 Å². The third-order valence-corrected chi connectivity index (χ3v) is 3.57. The van der Waals surface area contributed by atoms with Crippen molar-refractivity contribution in [2.75, 3.05) is 25.2 Å². The molecular formula is C13H18ClN3O3. The number of aliphatic hydroxyl groups is 1. The zero-order valence-electron chi connectivity index (χ0n) is 11.2. The molecule has 0 saturated carbocycles. The molecule has 2 atom stereocenters. The minimum Gasteiger partial charge on any atom is -0.394 e. The number of amides is 1. The first-order valence-electron chi connectivity index (χ1n) is 6.36. The van der Waals surface area contributed by atoms with Crippen LogP contribution in [0, 0.1) is 0 Å². The number of nitrogens with one attached hydrogen (secondary N) is 1. The fourth-order valence-electron chi connectivity index (χ4n) is 2.18. The second-order valence-electron chi connectivity index (χ2n) is 4.78. The molecule has 2 rings (SSSR count). The number of halogens is 1. The molecule has 1 amide bonds. The summed E-state index contributed by atoms with van der Waals surface area (Å²) in [6, 6.07) is 4.82. The Morgan fingerprint density at radius 3 is 3.05 bits per heavy atom. The van der Waals surface area contributed by atoms with Crippen LogP contribution >= 0.6 is 11.6 Å². The van der Waals surface area contributed by atoms with E-state index in [-0.39, 0.29) is 24.7 Å². The molecule has 0 aromatic heterocycles. The molecule has 0 spiro atoms. The molecule has 110 valence electrons. The lowest BCUT2D eigenvalue weighted by Crippen LogP contribution is -2.52. The van der Waals surface area contributed by atoms with E-state index in [9.17, 15) is 9.90 Å². The number of rotatable bonds is 3. The maximum atomic E-state index is 12.6. The second-order valence-corrected chi connectivity index (χ2v) is 5.22. The Hall–Kier alpha value is -1.34. The van der Waals surface area contributed by atoms with Crippen molar-refractivity contribution in [3.8, 4) is 0 Å². The van der Waals surface area contributed by atoms with Gasteiger partial charge in [-0.05, 0) is 25.1 Å². The van der Waals surface area contributed by atoms with E-state index in [1.807, 2.05) is 6.92 Å². The largest absolute Gasteiger partial charge is 0.394 e. The molecule has 1 aromatic rings. The first-order chi connectivity index (χ1) is 9.56. The Balaban J connectivity index is 2.27. The van der Waals surface area contributed by atoms with E-state index < -0.39 is 0 Å². The van der Waals surface area contributed by atoms with E-state index >= 15 is 0 Å². The minimum atomic E-state index is -0.358. The predicted molar refractivity (Wildman–Crippen MR) is 76.6 cm³/mol. The molecule has 4 N–H and O–H groups in total. The lowest BCUT2D eigenvalue weighted by atomic mass is 10.1. The van der Waals surface area contributed by atoms with Crippen molar-refractivity contribution in [2.45, 2.75) is 19.1 Å². The van der Waals surface area contributed by atoms with Crippen molar-refractivity contribution in [3.05, 3.63) is 28.8 Å². The highest BCUT2D eigenvalue weighted by Crippen LogP contribution is 2.24. The number of nitrogens with two attached hydrogens (primary N) is 1. The molecule has 1 aromatic carbocycles. The Morgan fingerprint density at radius 2 is 2.40 bits per heavy atom. The monoisotopic (exact) mass is 299 g/mol. The van der Waals surface area contributed by atoms with Gasteiger partial charge in [0.2, 0.25) is 0 Å². The molecule has 1 aliphatic rings. The summed E-state index contributed by atoms with van der Waals surface area (Å²) in [7, 11) is 0. The van der Waals surface area contributed by atoms with Crippen LogP contribution in [0.1, 0.15) is 17.3 Å². The van der Waals surface area contributed by atoms with Gasteiger partial charge in [0.25, 0.3) is 5.91 Å². The van der Waals surface area contributed by atoms with Gasteiger partial charge in [0, 0.05) is 11.6 Å². The average Bonchev–Trinajstić information content (AvgIpc) is 2.47. The van der Waals surface area contributed by atoms with Crippen LogP contribution in [0.3, 0.4) is 0 Å². The van der Waals surface area contributed by atoms with Gasteiger partial charge in [-0.15, -0.1) is 0 Å². The summed E-state index contributed by atoms with van der Waals surface area (Å²) in [5.74, 6) is 5.24. The van der Waals surface area contributed by atoms with E-state index in [2.05, 4.69) is 5.43 Å². The Kier molecular flexibility index (Phi) is 4.82. The predicted octanol–water partition coefficient (Wildman–Crippen LogP) is 0.847. The molecule has 0 aliphatic carbocycles. The average molecular weight is 300 g/mol. The SMILES string of the molecule is CC1COC(CO)CN1C(=O)c1cc(Cl)ccc1NN. The summed E-state index contributed by atoms with van der Waals surface area (Å²) in [5, 5.41) is 9.64. The van der Waals surface area contributed by atoms with E-state index in [0.717, 1.165) is 0 Å². The van der Waals surface area contributed by atoms with Crippen molar-refractivity contribution < 1.29 is 14.6 Å². The summed E-state index contributed by atoms with van der Waals surface area (Å²) < 4.78 is 5.43. The molecule has 1 saturated heterocycles. The summed E-state index contributed by atoms with van der Waals surface area (Å²) in [5.41, 5.74) is 3.42. The summed E-state index contributed by atoms with van der Waals surface area (Å²) in [4.78, 5) is 14.3. The topological polar surface area (TPSA) is 87.8 Å². The maximum absolute atomic E-state index is 12.6. The van der Waals surface area contributed by atoms with Crippen molar-refractivity contribution in [1.82, 2.24) is 4.90 Å². The van der Waals surface area contributed by atoms with E-state index in [1.54, 1.807) is 23.1 Å². The molecule has 1 fully saturated rings. The van der Waals surface area contributed by atoms with Crippen LogP contribution < -0.4 is 11.3 Å². The highest BCUT2D eigenvalue weighted by molar-refractivity contribution is 6.31. The van der Waals surface area contributed by atoms with Crippen LogP contribution in [0.25, 0.3) is 0 Å². The fraction of sp³-hybridized carbons (Fsp3) is 0.462. The third-order valence-electron chi connectivity index (χ3n) is 3.34. The van der Waals surface area contributed by atoms with E-state index in [0.29, 0.717) is 29.4 Å². The molecule has 6 nitrogen and oxygen atoms in total. The zero-order chi connectivity index (χ0) is 14.7. The maximum Gasteiger partial charge on any atom is 0.256 e. The summed E-state index contributed by atoms with van der Waals surface area (Å²) in [6.45, 7) is 2.51. The number of benzene rings is 1. The lowest BCUT2D eigenvalue weighted by Gasteiger charge is -2.37. The smallest absolute Gasteiger partial charge is 0.256 e. The van der Waals surface area contributed by atoms with Crippen molar-refractivity contribution in [1.29, 1.82) is 0 Å². The Labute approximate surface area is 122 Å². The van der Waals surface area contributed by atoms with Gasteiger partial charge >= 0.3 is 0 Å².